The van der Waals surface area contributed by atoms with Gasteiger partial charge in [0.05, 0.1) is 0 Å². The van der Waals surface area contributed by atoms with Crippen LogP contribution >= 0.6 is 0 Å². The Kier molecular flexibility index (Phi) is 71.5. The first-order valence-corrected chi connectivity index (χ1v) is 38.5. The largest absolute Gasteiger partial charge is 0.462 e. The number of rotatable bonds is 73. The molecule has 0 amide bonds. The van der Waals surface area contributed by atoms with Gasteiger partial charge in [0.1, 0.15) is 13.2 Å². The number of unbranched alkanes of at least 4 members (excludes halogenated alkanes) is 62. The van der Waals surface area contributed by atoms with Gasteiger partial charge in [0, 0.05) is 19.3 Å². The van der Waals surface area contributed by atoms with Crippen molar-refractivity contribution in [3.63, 3.8) is 0 Å². The molecule has 0 radical (unpaired) electrons. The van der Waals surface area contributed by atoms with Gasteiger partial charge in [-0.3, -0.25) is 14.4 Å². The summed E-state index contributed by atoms with van der Waals surface area (Å²) in [5.41, 5.74) is 0. The summed E-state index contributed by atoms with van der Waals surface area (Å²) in [6.07, 6.45) is 87.3. The molecule has 0 bridgehead atoms. The van der Waals surface area contributed by atoms with Crippen LogP contribution in [0.4, 0.5) is 0 Å². The molecule has 0 aliphatic carbocycles. The first-order chi connectivity index (χ1) is 41.0. The molecule has 0 heterocycles. The van der Waals surface area contributed by atoms with E-state index in [1.807, 2.05) is 0 Å². The van der Waals surface area contributed by atoms with Gasteiger partial charge in [0.25, 0.3) is 0 Å². The van der Waals surface area contributed by atoms with Crippen LogP contribution in [0.1, 0.15) is 457 Å². The molecule has 83 heavy (non-hydrogen) atoms. The van der Waals surface area contributed by atoms with Crippen molar-refractivity contribution in [2.24, 2.45) is 0 Å². The summed E-state index contributed by atoms with van der Waals surface area (Å²) in [6.45, 7) is 6.76. The van der Waals surface area contributed by atoms with Crippen LogP contribution in [0.25, 0.3) is 0 Å². The standard InChI is InChI=1S/C77H150O6/c1-4-7-10-13-16-19-22-25-28-31-33-35-36-37-38-39-40-41-42-44-46-49-52-55-58-61-64-67-70-76(79)82-73-74(72-81-75(78)69-66-63-60-57-54-51-48-45-30-27-24-21-18-15-12-9-6-3)83-77(80)71-68-65-62-59-56-53-50-47-43-34-32-29-26-23-20-17-14-11-8-5-2/h74H,4-73H2,1-3H3. The van der Waals surface area contributed by atoms with E-state index in [1.54, 1.807) is 0 Å². The lowest BCUT2D eigenvalue weighted by Gasteiger charge is -2.18. The zero-order valence-corrected chi connectivity index (χ0v) is 57.0. The number of esters is 3. The van der Waals surface area contributed by atoms with E-state index in [4.69, 9.17) is 14.2 Å². The fourth-order valence-corrected chi connectivity index (χ4v) is 12.3. The number of hydrogen-bond donors (Lipinski definition) is 0. The van der Waals surface area contributed by atoms with Crippen molar-refractivity contribution in [3.05, 3.63) is 0 Å². The average molecular weight is 1170 g/mol. The molecule has 0 aliphatic heterocycles. The van der Waals surface area contributed by atoms with E-state index in [-0.39, 0.29) is 31.1 Å². The van der Waals surface area contributed by atoms with Crippen LogP contribution in [-0.4, -0.2) is 37.2 Å². The van der Waals surface area contributed by atoms with Crippen molar-refractivity contribution in [1.82, 2.24) is 0 Å². The Bertz CT molecular complexity index is 1250. The second-order valence-electron chi connectivity index (χ2n) is 26.6. The molecule has 0 aromatic heterocycles. The summed E-state index contributed by atoms with van der Waals surface area (Å²) < 4.78 is 17.1. The molecule has 0 aliphatic rings. The zero-order chi connectivity index (χ0) is 59.9. The lowest BCUT2D eigenvalue weighted by molar-refractivity contribution is -0.167. The molecule has 0 rings (SSSR count). The van der Waals surface area contributed by atoms with E-state index >= 15 is 0 Å². The Labute approximate surface area is 520 Å². The molecule has 0 saturated heterocycles. The minimum Gasteiger partial charge on any atom is -0.462 e. The maximum atomic E-state index is 13.0. The predicted molar refractivity (Wildman–Crippen MR) is 363 cm³/mol. The van der Waals surface area contributed by atoms with Crippen molar-refractivity contribution in [2.45, 2.75) is 463 Å². The van der Waals surface area contributed by atoms with E-state index < -0.39 is 6.10 Å². The summed E-state index contributed by atoms with van der Waals surface area (Å²) in [7, 11) is 0. The lowest BCUT2D eigenvalue weighted by Crippen LogP contribution is -2.30. The van der Waals surface area contributed by atoms with Gasteiger partial charge in [-0.1, -0.05) is 419 Å². The van der Waals surface area contributed by atoms with Crippen molar-refractivity contribution in [2.75, 3.05) is 13.2 Å². The molecule has 494 valence electrons. The molecule has 6 nitrogen and oxygen atoms in total. The minimum absolute atomic E-state index is 0.0598. The number of carbonyl (C=O) groups is 3. The molecular formula is C77H150O6. The van der Waals surface area contributed by atoms with Crippen molar-refractivity contribution >= 4 is 17.9 Å². The van der Waals surface area contributed by atoms with Crippen LogP contribution in [0.15, 0.2) is 0 Å². The molecule has 0 saturated carbocycles. The smallest absolute Gasteiger partial charge is 0.306 e. The summed E-state index contributed by atoms with van der Waals surface area (Å²) in [5, 5.41) is 0. The predicted octanol–water partition coefficient (Wildman–Crippen LogP) is 26.6. The molecule has 0 aromatic carbocycles. The third-order valence-corrected chi connectivity index (χ3v) is 18.1. The van der Waals surface area contributed by atoms with Crippen LogP contribution in [0, 0.1) is 0 Å². The second-order valence-corrected chi connectivity index (χ2v) is 26.6. The van der Waals surface area contributed by atoms with Gasteiger partial charge in [-0.05, 0) is 19.3 Å². The van der Waals surface area contributed by atoms with Gasteiger partial charge in [-0.2, -0.15) is 0 Å². The van der Waals surface area contributed by atoms with Crippen LogP contribution < -0.4 is 0 Å². The molecule has 1 unspecified atom stereocenters. The summed E-state index contributed by atoms with van der Waals surface area (Å²) in [6, 6.07) is 0. The summed E-state index contributed by atoms with van der Waals surface area (Å²) in [5.74, 6) is -0.813. The molecule has 0 aromatic rings. The SMILES string of the molecule is CCCCCCCCCCCCCCCCCCCCCCCCCCCCCCC(=O)OCC(COC(=O)CCCCCCCCCCCCCCCCCCC)OC(=O)CCCCCCCCCCCCCCCCCCCCCC. The quantitative estimate of drug-likeness (QED) is 0.0343. The van der Waals surface area contributed by atoms with E-state index in [0.717, 1.165) is 57.8 Å². The Morgan fingerprint density at radius 1 is 0.193 bits per heavy atom. The minimum atomic E-state index is -0.764. The van der Waals surface area contributed by atoms with Crippen LogP contribution in [0.2, 0.25) is 0 Å². The monoisotopic (exact) mass is 1170 g/mol. The fraction of sp³-hybridized carbons (Fsp3) is 0.961. The van der Waals surface area contributed by atoms with Gasteiger partial charge in [-0.15, -0.1) is 0 Å². The second kappa shape index (κ2) is 72.9. The van der Waals surface area contributed by atoms with E-state index in [0.29, 0.717) is 19.3 Å². The summed E-state index contributed by atoms with van der Waals surface area (Å²) >= 11 is 0. The fourth-order valence-electron chi connectivity index (χ4n) is 12.3. The van der Waals surface area contributed by atoms with E-state index in [1.165, 1.54) is 360 Å². The Morgan fingerprint density at radius 2 is 0.325 bits per heavy atom. The molecule has 0 spiro atoms. The van der Waals surface area contributed by atoms with Crippen LogP contribution in [0.5, 0.6) is 0 Å². The Morgan fingerprint density at radius 3 is 0.482 bits per heavy atom. The van der Waals surface area contributed by atoms with Crippen LogP contribution in [0.3, 0.4) is 0 Å². The average Bonchev–Trinajstić information content (AvgIpc) is 3.49. The molecule has 6 heteroatoms. The van der Waals surface area contributed by atoms with Gasteiger partial charge < -0.3 is 14.2 Å². The van der Waals surface area contributed by atoms with Crippen molar-refractivity contribution in [1.29, 1.82) is 0 Å². The van der Waals surface area contributed by atoms with E-state index in [2.05, 4.69) is 20.8 Å². The number of ether oxygens (including phenoxy) is 3. The molecular weight excluding hydrogens is 1020 g/mol. The first kappa shape index (κ1) is 81.4. The topological polar surface area (TPSA) is 78.9 Å². The Hall–Kier alpha value is -1.59. The third-order valence-electron chi connectivity index (χ3n) is 18.1. The third kappa shape index (κ3) is 71.1. The normalized spacial score (nSPS) is 11.9. The molecule has 1 atom stereocenters. The molecule has 0 fully saturated rings. The van der Waals surface area contributed by atoms with Crippen molar-refractivity contribution < 1.29 is 28.6 Å². The van der Waals surface area contributed by atoms with Crippen molar-refractivity contribution in [3.8, 4) is 0 Å². The number of carbonyl (C=O) groups excluding carboxylic acids is 3. The highest BCUT2D eigenvalue weighted by Gasteiger charge is 2.20. The number of hydrogen-bond acceptors (Lipinski definition) is 6. The molecule has 0 N–H and O–H groups in total. The first-order valence-electron chi connectivity index (χ1n) is 38.5. The highest BCUT2D eigenvalue weighted by Crippen LogP contribution is 2.20. The summed E-state index contributed by atoms with van der Waals surface area (Å²) in [4.78, 5) is 38.6. The van der Waals surface area contributed by atoms with Gasteiger partial charge >= 0.3 is 17.9 Å². The maximum absolute atomic E-state index is 13.0. The van der Waals surface area contributed by atoms with E-state index in [9.17, 15) is 14.4 Å². The highest BCUT2D eigenvalue weighted by molar-refractivity contribution is 5.71. The maximum Gasteiger partial charge on any atom is 0.306 e. The Balaban J connectivity index is 4.19. The van der Waals surface area contributed by atoms with Crippen LogP contribution in [-0.2, 0) is 28.6 Å². The lowest BCUT2D eigenvalue weighted by atomic mass is 10.0. The van der Waals surface area contributed by atoms with Gasteiger partial charge in [-0.25, -0.2) is 0 Å². The van der Waals surface area contributed by atoms with Gasteiger partial charge in [0.15, 0.2) is 6.10 Å². The van der Waals surface area contributed by atoms with Gasteiger partial charge in [0.2, 0.25) is 0 Å². The zero-order valence-electron chi connectivity index (χ0n) is 57.0. The highest BCUT2D eigenvalue weighted by atomic mass is 16.6.